The third-order valence-electron chi connectivity index (χ3n) is 3.64. The largest absolute Gasteiger partial charge is 0.307 e. The van der Waals surface area contributed by atoms with Crippen LogP contribution in [0.25, 0.3) is 0 Å². The summed E-state index contributed by atoms with van der Waals surface area (Å²) in [6.07, 6.45) is 3.24. The number of H-pyrrole nitrogens is 1. The molecule has 4 nitrogen and oxygen atoms in total. The topological polar surface area (TPSA) is 53.6 Å². The van der Waals surface area contributed by atoms with Gasteiger partial charge in [-0.25, -0.2) is 18.2 Å². The molecule has 1 atom stereocenters. The molecule has 0 spiro atoms. The van der Waals surface area contributed by atoms with Crippen LogP contribution in [-0.4, -0.2) is 21.7 Å². The van der Waals surface area contributed by atoms with E-state index in [0.717, 1.165) is 31.9 Å². The molecule has 0 aliphatic carbocycles. The Morgan fingerprint density at radius 2 is 2.00 bits per heavy atom. The molecule has 1 aromatic heterocycles. The average molecular weight is 296 g/mol. The molecule has 7 heteroatoms. The first-order valence-electron chi connectivity index (χ1n) is 6.92. The third-order valence-corrected chi connectivity index (χ3v) is 3.64. The molecule has 0 saturated carbocycles. The highest BCUT2D eigenvalue weighted by atomic mass is 19.2. The lowest BCUT2D eigenvalue weighted by Gasteiger charge is -2.20. The van der Waals surface area contributed by atoms with Gasteiger partial charge in [0.25, 0.3) is 0 Å². The molecule has 1 aliphatic heterocycles. The summed E-state index contributed by atoms with van der Waals surface area (Å²) in [5.74, 6) is -2.76. The standard InChI is InChI=1S/C14H15F3N4/c15-9-5-4-8(12(16)13(9)17)7-11-19-14(21-20-11)10-3-1-2-6-18-10/h4-5,10,18H,1-3,6-7H2,(H,19,20,21). The average Bonchev–Trinajstić information content (AvgIpc) is 2.97. The van der Waals surface area contributed by atoms with E-state index in [9.17, 15) is 13.2 Å². The van der Waals surface area contributed by atoms with Crippen molar-refractivity contribution in [3.05, 3.63) is 46.8 Å². The van der Waals surface area contributed by atoms with Crippen LogP contribution in [0.4, 0.5) is 13.2 Å². The van der Waals surface area contributed by atoms with Crippen LogP contribution in [-0.2, 0) is 6.42 Å². The second-order valence-corrected chi connectivity index (χ2v) is 5.15. The first-order chi connectivity index (χ1) is 10.1. The number of rotatable bonds is 3. The zero-order valence-electron chi connectivity index (χ0n) is 11.3. The number of aromatic amines is 1. The number of hydrogen-bond acceptors (Lipinski definition) is 3. The summed E-state index contributed by atoms with van der Waals surface area (Å²) < 4.78 is 39.7. The van der Waals surface area contributed by atoms with Crippen LogP contribution in [0.15, 0.2) is 12.1 Å². The Kier molecular flexibility index (Phi) is 3.92. The smallest absolute Gasteiger partial charge is 0.194 e. The number of nitrogens with zero attached hydrogens (tertiary/aromatic N) is 2. The molecule has 2 aromatic rings. The van der Waals surface area contributed by atoms with Gasteiger partial charge in [0, 0.05) is 6.42 Å². The normalized spacial score (nSPS) is 18.9. The van der Waals surface area contributed by atoms with Crippen molar-refractivity contribution in [2.45, 2.75) is 31.7 Å². The van der Waals surface area contributed by atoms with E-state index in [2.05, 4.69) is 20.5 Å². The number of benzene rings is 1. The van der Waals surface area contributed by atoms with E-state index in [0.29, 0.717) is 11.6 Å². The fraction of sp³-hybridized carbons (Fsp3) is 0.429. The lowest BCUT2D eigenvalue weighted by atomic mass is 10.0. The van der Waals surface area contributed by atoms with Crippen LogP contribution in [0.1, 0.15) is 42.5 Å². The second-order valence-electron chi connectivity index (χ2n) is 5.15. The van der Waals surface area contributed by atoms with Crippen molar-refractivity contribution in [1.29, 1.82) is 0 Å². The summed E-state index contributed by atoms with van der Waals surface area (Å²) in [6.45, 7) is 0.923. The molecule has 1 unspecified atom stereocenters. The van der Waals surface area contributed by atoms with E-state index in [1.165, 1.54) is 6.07 Å². The van der Waals surface area contributed by atoms with Crippen molar-refractivity contribution in [2.24, 2.45) is 0 Å². The molecule has 2 heterocycles. The summed E-state index contributed by atoms with van der Waals surface area (Å²) in [7, 11) is 0. The highest BCUT2D eigenvalue weighted by Crippen LogP contribution is 2.21. The van der Waals surface area contributed by atoms with Gasteiger partial charge in [-0.05, 0) is 31.0 Å². The van der Waals surface area contributed by atoms with Crippen LogP contribution in [0, 0.1) is 17.5 Å². The highest BCUT2D eigenvalue weighted by Gasteiger charge is 2.20. The molecular formula is C14H15F3N4. The van der Waals surface area contributed by atoms with Crippen molar-refractivity contribution in [1.82, 2.24) is 20.5 Å². The Labute approximate surface area is 119 Å². The lowest BCUT2D eigenvalue weighted by molar-refractivity contribution is 0.398. The predicted molar refractivity (Wildman–Crippen MR) is 70.1 cm³/mol. The Bertz CT molecular complexity index is 635. The van der Waals surface area contributed by atoms with Crippen LogP contribution in [0.2, 0.25) is 0 Å². The van der Waals surface area contributed by atoms with Crippen LogP contribution < -0.4 is 5.32 Å². The predicted octanol–water partition coefficient (Wildman–Crippen LogP) is 2.63. The highest BCUT2D eigenvalue weighted by molar-refractivity contribution is 5.23. The minimum Gasteiger partial charge on any atom is -0.307 e. The Morgan fingerprint density at radius 3 is 2.76 bits per heavy atom. The number of aromatic nitrogens is 3. The second kappa shape index (κ2) is 5.85. The number of halogens is 3. The van der Waals surface area contributed by atoms with Crippen molar-refractivity contribution >= 4 is 0 Å². The van der Waals surface area contributed by atoms with Gasteiger partial charge in [0.15, 0.2) is 23.3 Å². The zero-order chi connectivity index (χ0) is 14.8. The van der Waals surface area contributed by atoms with Gasteiger partial charge in [-0.1, -0.05) is 12.5 Å². The monoisotopic (exact) mass is 296 g/mol. The van der Waals surface area contributed by atoms with Crippen LogP contribution in [0.5, 0.6) is 0 Å². The SMILES string of the molecule is Fc1ccc(Cc2nc(C3CCCCN3)n[nH]2)c(F)c1F. The maximum atomic E-state index is 13.6. The van der Waals surface area contributed by atoms with Gasteiger partial charge in [0.2, 0.25) is 0 Å². The molecule has 1 aliphatic rings. The van der Waals surface area contributed by atoms with Gasteiger partial charge in [-0.2, -0.15) is 5.10 Å². The van der Waals surface area contributed by atoms with Gasteiger partial charge < -0.3 is 5.32 Å². The molecule has 112 valence electrons. The maximum absolute atomic E-state index is 13.6. The zero-order valence-corrected chi connectivity index (χ0v) is 11.3. The Morgan fingerprint density at radius 1 is 1.14 bits per heavy atom. The molecular weight excluding hydrogens is 281 g/mol. The molecule has 1 fully saturated rings. The van der Waals surface area contributed by atoms with E-state index >= 15 is 0 Å². The van der Waals surface area contributed by atoms with Crippen LogP contribution in [0.3, 0.4) is 0 Å². The minimum absolute atomic E-state index is 0.0444. The van der Waals surface area contributed by atoms with E-state index < -0.39 is 17.5 Å². The summed E-state index contributed by atoms with van der Waals surface area (Å²) in [4.78, 5) is 4.31. The van der Waals surface area contributed by atoms with Crippen molar-refractivity contribution in [3.8, 4) is 0 Å². The fourth-order valence-corrected chi connectivity index (χ4v) is 2.50. The summed E-state index contributed by atoms with van der Waals surface area (Å²) in [5.41, 5.74) is 0.0493. The minimum atomic E-state index is -1.46. The Balaban J connectivity index is 1.77. The van der Waals surface area contributed by atoms with Gasteiger partial charge in [-0.15, -0.1) is 0 Å². The van der Waals surface area contributed by atoms with Gasteiger partial charge >= 0.3 is 0 Å². The Hall–Kier alpha value is -1.89. The van der Waals surface area contributed by atoms with E-state index in [4.69, 9.17) is 0 Å². The molecule has 2 N–H and O–H groups in total. The fourth-order valence-electron chi connectivity index (χ4n) is 2.50. The first kappa shape index (κ1) is 14.1. The van der Waals surface area contributed by atoms with E-state index in [1.54, 1.807) is 0 Å². The summed E-state index contributed by atoms with van der Waals surface area (Å²) >= 11 is 0. The molecule has 3 rings (SSSR count). The van der Waals surface area contributed by atoms with Crippen molar-refractivity contribution in [2.75, 3.05) is 6.54 Å². The molecule has 1 saturated heterocycles. The van der Waals surface area contributed by atoms with Gasteiger partial charge in [-0.3, -0.25) is 5.10 Å². The van der Waals surface area contributed by atoms with Crippen molar-refractivity contribution < 1.29 is 13.2 Å². The summed E-state index contributed by atoms with van der Waals surface area (Å²) in [5, 5.41) is 10.2. The number of hydrogen-bond donors (Lipinski definition) is 2. The third kappa shape index (κ3) is 2.92. The molecule has 0 amide bonds. The first-order valence-corrected chi connectivity index (χ1v) is 6.92. The molecule has 0 bridgehead atoms. The number of nitrogens with one attached hydrogen (secondary N) is 2. The quantitative estimate of drug-likeness (QED) is 0.856. The lowest BCUT2D eigenvalue weighted by Crippen LogP contribution is -2.27. The number of piperidine rings is 1. The van der Waals surface area contributed by atoms with E-state index in [1.807, 2.05) is 0 Å². The maximum Gasteiger partial charge on any atom is 0.194 e. The van der Waals surface area contributed by atoms with Gasteiger partial charge in [0.1, 0.15) is 5.82 Å². The van der Waals surface area contributed by atoms with E-state index in [-0.39, 0.29) is 18.0 Å². The van der Waals surface area contributed by atoms with Crippen molar-refractivity contribution in [3.63, 3.8) is 0 Å². The molecule has 21 heavy (non-hydrogen) atoms. The molecule has 1 aromatic carbocycles. The molecule has 0 radical (unpaired) electrons. The van der Waals surface area contributed by atoms with Gasteiger partial charge in [0.05, 0.1) is 6.04 Å². The van der Waals surface area contributed by atoms with Crippen LogP contribution >= 0.6 is 0 Å². The summed E-state index contributed by atoms with van der Waals surface area (Å²) in [6, 6.07) is 2.22.